The first kappa shape index (κ1) is 35.5. The fourth-order valence-corrected chi connectivity index (χ4v) is 9.24. The van der Waals surface area contributed by atoms with Gasteiger partial charge in [0.25, 0.3) is 0 Å². The minimum atomic E-state index is 0.542. The average molecular weight is 792 g/mol. The lowest BCUT2D eigenvalue weighted by Gasteiger charge is -2.16. The molecule has 9 aromatic carbocycles. The van der Waals surface area contributed by atoms with Gasteiger partial charge < -0.3 is 4.57 Å². The summed E-state index contributed by atoms with van der Waals surface area (Å²) in [4.78, 5) is 16.4. The van der Waals surface area contributed by atoms with Crippen LogP contribution in [-0.4, -0.2) is 24.1 Å². The molecule has 12 aromatic rings. The molecule has 0 saturated carbocycles. The highest BCUT2D eigenvalue weighted by atomic mass is 15.2. The number of hydrogen-bond donors (Lipinski definition) is 0. The Morgan fingerprint density at radius 1 is 0.290 bits per heavy atom. The highest BCUT2D eigenvalue weighted by Gasteiger charge is 2.24. The third-order valence-electron chi connectivity index (χ3n) is 12.0. The van der Waals surface area contributed by atoms with E-state index >= 15 is 0 Å². The second-order valence-electron chi connectivity index (χ2n) is 15.6. The minimum Gasteiger partial charge on any atom is -0.309 e. The zero-order valence-corrected chi connectivity index (χ0v) is 33.6. The van der Waals surface area contributed by atoms with Gasteiger partial charge in [-0.1, -0.05) is 188 Å². The van der Waals surface area contributed by atoms with Gasteiger partial charge in [0.1, 0.15) is 0 Å². The van der Waals surface area contributed by atoms with Gasteiger partial charge in [-0.15, -0.1) is 0 Å². The first-order chi connectivity index (χ1) is 30.8. The van der Waals surface area contributed by atoms with Crippen molar-refractivity contribution in [1.29, 1.82) is 0 Å². The lowest BCUT2D eigenvalue weighted by molar-refractivity contribution is 0.952. The quantitative estimate of drug-likeness (QED) is 0.162. The molecule has 3 heterocycles. The second kappa shape index (κ2) is 14.7. The van der Waals surface area contributed by atoms with E-state index in [-0.39, 0.29) is 0 Å². The summed E-state index contributed by atoms with van der Waals surface area (Å²) in [6.07, 6.45) is 0. The molecule has 290 valence electrons. The molecule has 0 fully saturated rings. The van der Waals surface area contributed by atoms with Crippen LogP contribution in [-0.2, 0) is 0 Å². The van der Waals surface area contributed by atoms with Gasteiger partial charge in [-0.2, -0.15) is 9.97 Å². The van der Waals surface area contributed by atoms with Crippen LogP contribution in [0.1, 0.15) is 0 Å². The van der Waals surface area contributed by atoms with Crippen molar-refractivity contribution in [3.05, 3.63) is 224 Å². The number of para-hydroxylation sites is 4. The van der Waals surface area contributed by atoms with E-state index in [1.54, 1.807) is 0 Å². The van der Waals surface area contributed by atoms with E-state index in [0.717, 1.165) is 83.0 Å². The van der Waals surface area contributed by atoms with E-state index in [9.17, 15) is 0 Å². The van der Waals surface area contributed by atoms with Crippen molar-refractivity contribution >= 4 is 43.6 Å². The SMILES string of the molecule is c1ccc(-c2cccc(-c3nc(-c4ccccc4-n4c5ccccc5c5ccccc54)nc(-n4c5ccccc5c5c(-c6ccccc6)ccc(-c6ccccc6)c54)n3)c2)cc1. The lowest BCUT2D eigenvalue weighted by Crippen LogP contribution is -2.08. The average Bonchev–Trinajstić information content (AvgIpc) is 3.88. The Balaban J connectivity index is 1.19. The molecule has 0 saturated heterocycles. The van der Waals surface area contributed by atoms with Crippen LogP contribution in [0.15, 0.2) is 224 Å². The van der Waals surface area contributed by atoms with Crippen LogP contribution in [0, 0.1) is 0 Å². The van der Waals surface area contributed by atoms with Gasteiger partial charge in [0, 0.05) is 38.2 Å². The maximum Gasteiger partial charge on any atom is 0.238 e. The zero-order chi connectivity index (χ0) is 41.0. The van der Waals surface area contributed by atoms with Gasteiger partial charge in [0.05, 0.1) is 27.8 Å². The van der Waals surface area contributed by atoms with Crippen LogP contribution in [0.2, 0.25) is 0 Å². The Kier molecular flexibility index (Phi) is 8.42. The summed E-state index contributed by atoms with van der Waals surface area (Å²) in [6.45, 7) is 0. The smallest absolute Gasteiger partial charge is 0.238 e. The van der Waals surface area contributed by atoms with Gasteiger partial charge in [-0.25, -0.2) is 4.98 Å². The van der Waals surface area contributed by atoms with Crippen LogP contribution in [0.4, 0.5) is 0 Å². The third kappa shape index (κ3) is 5.82. The van der Waals surface area contributed by atoms with Gasteiger partial charge >= 0.3 is 0 Å². The van der Waals surface area contributed by atoms with Crippen molar-refractivity contribution < 1.29 is 0 Å². The van der Waals surface area contributed by atoms with Crippen molar-refractivity contribution in [2.75, 3.05) is 0 Å². The number of nitrogens with zero attached hydrogens (tertiary/aromatic N) is 5. The van der Waals surface area contributed by atoms with Crippen molar-refractivity contribution in [3.63, 3.8) is 0 Å². The summed E-state index contributed by atoms with van der Waals surface area (Å²) in [5.41, 5.74) is 13.8. The van der Waals surface area contributed by atoms with Crippen molar-refractivity contribution in [1.82, 2.24) is 24.1 Å². The highest BCUT2D eigenvalue weighted by molar-refractivity contribution is 6.19. The number of rotatable bonds is 7. The van der Waals surface area contributed by atoms with E-state index < -0.39 is 0 Å². The first-order valence-corrected chi connectivity index (χ1v) is 21.0. The second-order valence-corrected chi connectivity index (χ2v) is 15.6. The van der Waals surface area contributed by atoms with Crippen molar-refractivity contribution in [2.45, 2.75) is 0 Å². The standard InChI is InChI=1S/C57H37N5/c1-4-19-38(20-5-1)41-25-18-26-42(37-41)55-58-56(48-30-13-17-34-52(48)61-49-31-14-10-27-45(49)46-28-11-15-32-50(46)61)60-57(59-55)62-51-33-16-12-29-47(51)53-43(39-21-6-2-7-22-39)35-36-44(54(53)62)40-23-8-3-9-24-40/h1-37H. The molecule has 62 heavy (non-hydrogen) atoms. The number of aromatic nitrogens is 5. The van der Waals surface area contributed by atoms with Gasteiger partial charge in [-0.3, -0.25) is 4.57 Å². The Hall–Kier alpha value is -8.41. The Morgan fingerprint density at radius 2 is 0.774 bits per heavy atom. The molecular formula is C57H37N5. The molecule has 0 aliphatic heterocycles. The molecule has 0 bridgehead atoms. The largest absolute Gasteiger partial charge is 0.309 e. The van der Waals surface area contributed by atoms with Gasteiger partial charge in [0.15, 0.2) is 11.6 Å². The summed E-state index contributed by atoms with van der Waals surface area (Å²) in [7, 11) is 0. The Bertz CT molecular complexity index is 3570. The third-order valence-corrected chi connectivity index (χ3v) is 12.0. The van der Waals surface area contributed by atoms with Crippen molar-refractivity contribution in [2.24, 2.45) is 0 Å². The molecule has 0 unspecified atom stereocenters. The van der Waals surface area contributed by atoms with Crippen LogP contribution < -0.4 is 0 Å². The molecule has 5 nitrogen and oxygen atoms in total. The first-order valence-electron chi connectivity index (χ1n) is 21.0. The summed E-state index contributed by atoms with van der Waals surface area (Å²) in [5, 5.41) is 4.66. The molecule has 0 atom stereocenters. The van der Waals surface area contributed by atoms with Crippen LogP contribution in [0.3, 0.4) is 0 Å². The fraction of sp³-hybridized carbons (Fsp3) is 0. The van der Waals surface area contributed by atoms with E-state index in [2.05, 4.69) is 228 Å². The normalized spacial score (nSPS) is 11.5. The number of hydrogen-bond acceptors (Lipinski definition) is 3. The summed E-state index contributed by atoms with van der Waals surface area (Å²) in [6, 6.07) is 79.1. The fourth-order valence-electron chi connectivity index (χ4n) is 9.24. The van der Waals surface area contributed by atoms with Gasteiger partial charge in [-0.05, 0) is 64.2 Å². The Labute approximate surface area is 358 Å². The molecule has 0 radical (unpaired) electrons. The summed E-state index contributed by atoms with van der Waals surface area (Å²) in [5.74, 6) is 1.71. The monoisotopic (exact) mass is 791 g/mol. The van der Waals surface area contributed by atoms with E-state index in [4.69, 9.17) is 15.0 Å². The predicted molar refractivity (Wildman–Crippen MR) is 256 cm³/mol. The van der Waals surface area contributed by atoms with Crippen LogP contribution in [0.5, 0.6) is 0 Å². The zero-order valence-electron chi connectivity index (χ0n) is 33.6. The maximum absolute atomic E-state index is 5.55. The maximum atomic E-state index is 5.55. The summed E-state index contributed by atoms with van der Waals surface area (Å²) < 4.78 is 4.61. The minimum absolute atomic E-state index is 0.542. The molecule has 5 heteroatoms. The van der Waals surface area contributed by atoms with E-state index in [0.29, 0.717) is 17.6 Å². The highest BCUT2D eigenvalue weighted by Crippen LogP contribution is 2.44. The van der Waals surface area contributed by atoms with Crippen LogP contribution >= 0.6 is 0 Å². The molecule has 0 N–H and O–H groups in total. The molecular weight excluding hydrogens is 755 g/mol. The molecule has 0 spiro atoms. The van der Waals surface area contributed by atoms with Crippen LogP contribution in [0.25, 0.3) is 111 Å². The summed E-state index contributed by atoms with van der Waals surface area (Å²) >= 11 is 0. The number of benzene rings is 9. The molecule has 3 aromatic heterocycles. The number of fused-ring (bicyclic) bond motifs is 6. The lowest BCUT2D eigenvalue weighted by atomic mass is 9.94. The molecule has 0 aliphatic rings. The van der Waals surface area contributed by atoms with Crippen molar-refractivity contribution in [3.8, 4) is 67.8 Å². The van der Waals surface area contributed by atoms with Gasteiger partial charge in [0.2, 0.25) is 5.95 Å². The molecule has 0 aliphatic carbocycles. The van der Waals surface area contributed by atoms with E-state index in [1.807, 2.05) is 6.07 Å². The molecule has 0 amide bonds. The van der Waals surface area contributed by atoms with E-state index in [1.165, 1.54) is 10.8 Å². The predicted octanol–water partition coefficient (Wildman–Crippen LogP) is 14.4. The molecule has 12 rings (SSSR count). The Morgan fingerprint density at radius 3 is 1.45 bits per heavy atom. The topological polar surface area (TPSA) is 48.5 Å².